The Morgan fingerprint density at radius 3 is 2.11 bits per heavy atom. The number of ether oxygens (including phenoxy) is 2. The number of rotatable bonds is 11. The first kappa shape index (κ1) is 32.5. The molecule has 0 aromatic heterocycles. The molecule has 0 aliphatic heterocycles. The molecule has 0 fully saturated rings. The third kappa shape index (κ3) is 8.57. The van der Waals surface area contributed by atoms with Gasteiger partial charge in [-0.05, 0) is 67.1 Å². The second-order valence-corrected chi connectivity index (χ2v) is 11.5. The number of methoxy groups -OCH3 is 2. The molecule has 0 aliphatic carbocycles. The number of hydrogen-bond donors (Lipinski definition) is 3. The van der Waals surface area contributed by atoms with Crippen LogP contribution in [0.4, 0.5) is 11.4 Å². The molecule has 8 nitrogen and oxygen atoms in total. The van der Waals surface area contributed by atoms with Crippen molar-refractivity contribution in [1.82, 2.24) is 5.32 Å². The summed E-state index contributed by atoms with van der Waals surface area (Å²) in [4.78, 5) is 39.9. The van der Waals surface area contributed by atoms with Crippen molar-refractivity contribution >= 4 is 70.1 Å². The predicted octanol–water partition coefficient (Wildman–Crippen LogP) is 7.54. The second-order valence-electron chi connectivity index (χ2n) is 9.31. The van der Waals surface area contributed by atoms with Gasteiger partial charge in [-0.15, -0.1) is 11.8 Å². The van der Waals surface area contributed by atoms with Crippen molar-refractivity contribution in [3.05, 3.63) is 118 Å². The van der Waals surface area contributed by atoms with Crippen molar-refractivity contribution < 1.29 is 23.9 Å². The van der Waals surface area contributed by atoms with Gasteiger partial charge in [-0.3, -0.25) is 14.4 Å². The maximum atomic E-state index is 13.3. The van der Waals surface area contributed by atoms with Crippen LogP contribution in [-0.4, -0.2) is 37.2 Å². The molecule has 226 valence electrons. The van der Waals surface area contributed by atoms with Crippen LogP contribution in [0.2, 0.25) is 10.0 Å². The molecule has 0 saturated carbocycles. The first-order chi connectivity index (χ1) is 21.2. The quantitative estimate of drug-likeness (QED) is 0.114. The lowest BCUT2D eigenvalue weighted by atomic mass is 10.1. The number of carbonyl (C=O) groups excluding carboxylic acids is 3. The summed E-state index contributed by atoms with van der Waals surface area (Å²) in [6.45, 7) is 1.77. The zero-order valence-corrected chi connectivity index (χ0v) is 26.3. The monoisotopic (exact) mass is 649 g/mol. The fraction of sp³-hybridized carbons (Fsp3) is 0.121. The number of hydrogen-bond acceptors (Lipinski definition) is 6. The zero-order valence-electron chi connectivity index (χ0n) is 24.0. The van der Waals surface area contributed by atoms with Crippen LogP contribution in [0.3, 0.4) is 0 Å². The summed E-state index contributed by atoms with van der Waals surface area (Å²) in [7, 11) is 2.98. The highest BCUT2D eigenvalue weighted by Crippen LogP contribution is 2.36. The van der Waals surface area contributed by atoms with Gasteiger partial charge in [0.25, 0.3) is 11.8 Å². The molecule has 4 aromatic carbocycles. The van der Waals surface area contributed by atoms with E-state index in [1.54, 1.807) is 97.9 Å². The van der Waals surface area contributed by atoms with Gasteiger partial charge in [0.05, 0.1) is 30.2 Å². The van der Waals surface area contributed by atoms with Crippen LogP contribution in [-0.2, 0) is 9.59 Å². The minimum atomic E-state index is -0.533. The first-order valence-corrected chi connectivity index (χ1v) is 14.9. The van der Waals surface area contributed by atoms with Crippen LogP contribution in [0, 0.1) is 0 Å². The average molecular weight is 651 g/mol. The summed E-state index contributed by atoms with van der Waals surface area (Å²) in [5.41, 5.74) is 1.91. The topological polar surface area (TPSA) is 106 Å². The molecule has 3 N–H and O–H groups in total. The van der Waals surface area contributed by atoms with E-state index in [4.69, 9.17) is 32.7 Å². The summed E-state index contributed by atoms with van der Waals surface area (Å²) in [5.74, 6) is -0.376. The minimum Gasteiger partial charge on any atom is -0.495 e. The van der Waals surface area contributed by atoms with Gasteiger partial charge >= 0.3 is 0 Å². The van der Waals surface area contributed by atoms with Crippen molar-refractivity contribution in [3.8, 4) is 11.5 Å². The number of benzene rings is 4. The smallest absolute Gasteiger partial charge is 0.272 e. The number of amides is 3. The number of halogens is 2. The Morgan fingerprint density at radius 1 is 0.795 bits per heavy atom. The van der Waals surface area contributed by atoms with Crippen LogP contribution in [0.5, 0.6) is 11.5 Å². The summed E-state index contributed by atoms with van der Waals surface area (Å²) >= 11 is 13.9. The molecule has 44 heavy (non-hydrogen) atoms. The Morgan fingerprint density at radius 2 is 1.45 bits per heavy atom. The predicted molar refractivity (Wildman–Crippen MR) is 177 cm³/mol. The molecule has 0 bridgehead atoms. The zero-order chi connectivity index (χ0) is 31.6. The van der Waals surface area contributed by atoms with E-state index in [9.17, 15) is 14.4 Å². The van der Waals surface area contributed by atoms with Crippen molar-refractivity contribution in [3.63, 3.8) is 0 Å². The van der Waals surface area contributed by atoms with Crippen molar-refractivity contribution in [2.24, 2.45) is 0 Å². The summed E-state index contributed by atoms with van der Waals surface area (Å²) in [6, 6.07) is 25.8. The average Bonchev–Trinajstić information content (AvgIpc) is 3.03. The third-order valence-electron chi connectivity index (χ3n) is 6.26. The van der Waals surface area contributed by atoms with E-state index < -0.39 is 17.1 Å². The SMILES string of the molecule is COc1cc(OC)c(NC(=O)C(C)Sc2ccc(NC(=O)/C(=C/c3ccccc3Cl)NC(=O)c3ccccc3)cc2)cc1Cl. The van der Waals surface area contributed by atoms with Gasteiger partial charge in [-0.25, -0.2) is 0 Å². The van der Waals surface area contributed by atoms with Crippen LogP contribution < -0.4 is 25.4 Å². The van der Waals surface area contributed by atoms with Crippen molar-refractivity contribution in [2.75, 3.05) is 24.9 Å². The second kappa shape index (κ2) is 15.3. The van der Waals surface area contributed by atoms with Gasteiger partial charge in [0.2, 0.25) is 5.91 Å². The van der Waals surface area contributed by atoms with E-state index in [2.05, 4.69) is 16.0 Å². The molecular formula is C33H29Cl2N3O5S. The van der Waals surface area contributed by atoms with Crippen molar-refractivity contribution in [1.29, 1.82) is 0 Å². The molecule has 3 amide bonds. The summed E-state index contributed by atoms with van der Waals surface area (Å²) < 4.78 is 10.6. The lowest BCUT2D eigenvalue weighted by Gasteiger charge is -2.16. The molecule has 0 aliphatic rings. The van der Waals surface area contributed by atoms with E-state index in [1.165, 1.54) is 32.1 Å². The van der Waals surface area contributed by atoms with Crippen LogP contribution in [0.15, 0.2) is 102 Å². The normalized spacial score (nSPS) is 11.7. The highest BCUT2D eigenvalue weighted by atomic mass is 35.5. The Labute approximate surface area is 269 Å². The van der Waals surface area contributed by atoms with Crippen LogP contribution >= 0.6 is 35.0 Å². The Kier molecular flexibility index (Phi) is 11.3. The van der Waals surface area contributed by atoms with E-state index >= 15 is 0 Å². The standard InChI is InChI=1S/C33H29Cl2N3O5S/c1-20(31(39)37-27-18-26(35)29(42-2)19-30(27)43-3)44-24-15-13-23(14-16-24)36-33(41)28(17-22-11-7-8-12-25(22)34)38-32(40)21-9-5-4-6-10-21/h4-20H,1-3H3,(H,36,41)(H,37,39)(H,38,40)/b28-17-. The molecule has 1 unspecified atom stereocenters. The molecule has 4 aromatic rings. The third-order valence-corrected chi connectivity index (χ3v) is 8.01. The maximum absolute atomic E-state index is 13.3. The van der Waals surface area contributed by atoms with E-state index in [-0.39, 0.29) is 11.6 Å². The highest BCUT2D eigenvalue weighted by Gasteiger charge is 2.19. The fourth-order valence-corrected chi connectivity index (χ4v) is 5.25. The van der Waals surface area contributed by atoms with Gasteiger partial charge in [-0.1, -0.05) is 59.6 Å². The molecule has 4 rings (SSSR count). The highest BCUT2D eigenvalue weighted by molar-refractivity contribution is 8.00. The number of nitrogens with one attached hydrogen (secondary N) is 3. The number of anilines is 2. The van der Waals surface area contributed by atoms with E-state index in [0.29, 0.717) is 44.0 Å². The number of thioether (sulfide) groups is 1. The van der Waals surface area contributed by atoms with E-state index in [1.807, 2.05) is 0 Å². The largest absolute Gasteiger partial charge is 0.495 e. The molecule has 11 heteroatoms. The van der Waals surface area contributed by atoms with E-state index in [0.717, 1.165) is 4.90 Å². The first-order valence-electron chi connectivity index (χ1n) is 13.3. The molecule has 1 atom stereocenters. The van der Waals surface area contributed by atoms with Gasteiger partial charge in [0, 0.05) is 27.2 Å². The van der Waals surface area contributed by atoms with Crippen LogP contribution in [0.25, 0.3) is 6.08 Å². The van der Waals surface area contributed by atoms with Crippen molar-refractivity contribution in [2.45, 2.75) is 17.1 Å². The Hall–Kier alpha value is -4.44. The van der Waals surface area contributed by atoms with Gasteiger partial charge < -0.3 is 25.4 Å². The molecular weight excluding hydrogens is 621 g/mol. The lowest BCUT2D eigenvalue weighted by molar-refractivity contribution is -0.115. The lowest BCUT2D eigenvalue weighted by Crippen LogP contribution is -2.30. The summed E-state index contributed by atoms with van der Waals surface area (Å²) in [5, 5.41) is 8.65. The Bertz CT molecular complexity index is 1680. The number of carbonyl (C=O) groups is 3. The maximum Gasteiger partial charge on any atom is 0.272 e. The summed E-state index contributed by atoms with van der Waals surface area (Å²) in [6.07, 6.45) is 1.52. The molecule has 0 radical (unpaired) electrons. The molecule has 0 saturated heterocycles. The van der Waals surface area contributed by atoms with Crippen LogP contribution in [0.1, 0.15) is 22.8 Å². The Balaban J connectivity index is 1.44. The fourth-order valence-electron chi connectivity index (χ4n) is 3.96. The minimum absolute atomic E-state index is 0.0183. The van der Waals surface area contributed by atoms with Gasteiger partial charge in [0.1, 0.15) is 17.2 Å². The molecule has 0 heterocycles. The van der Waals surface area contributed by atoms with Gasteiger partial charge in [0.15, 0.2) is 0 Å². The van der Waals surface area contributed by atoms with Gasteiger partial charge in [-0.2, -0.15) is 0 Å². The molecule has 0 spiro atoms.